The number of nitrogens with one attached hydrogen (secondary N) is 1. The Morgan fingerprint density at radius 1 is 1.62 bits per heavy atom. The smallest absolute Gasteiger partial charge is 0.129 e. The van der Waals surface area contributed by atoms with E-state index in [1.165, 1.54) is 0 Å². The van der Waals surface area contributed by atoms with Crippen molar-refractivity contribution in [2.45, 2.75) is 6.92 Å². The lowest BCUT2D eigenvalue weighted by molar-refractivity contribution is 0.340. The molecule has 0 unspecified atom stereocenters. The van der Waals surface area contributed by atoms with Crippen LogP contribution in [-0.4, -0.2) is 24.7 Å². The molecular formula is C9H15N3O. The van der Waals surface area contributed by atoms with Gasteiger partial charge in [-0.15, -0.1) is 0 Å². The van der Waals surface area contributed by atoms with Crippen molar-refractivity contribution in [2.75, 3.05) is 25.0 Å². The normalized spacial score (nSPS) is 9.69. The molecule has 0 spiro atoms. The number of nitrogens with zero attached hydrogens (tertiary/aromatic N) is 1. The third kappa shape index (κ3) is 3.29. The third-order valence-corrected chi connectivity index (χ3v) is 1.49. The van der Waals surface area contributed by atoms with Crippen molar-refractivity contribution in [3.05, 3.63) is 18.3 Å². The van der Waals surface area contributed by atoms with Crippen LogP contribution < -0.4 is 15.8 Å². The van der Waals surface area contributed by atoms with Crippen LogP contribution in [0.5, 0.6) is 5.75 Å². The lowest BCUT2D eigenvalue weighted by Crippen LogP contribution is -2.13. The van der Waals surface area contributed by atoms with Crippen molar-refractivity contribution in [3.63, 3.8) is 0 Å². The van der Waals surface area contributed by atoms with Crippen molar-refractivity contribution in [2.24, 2.45) is 5.73 Å². The second-order valence-corrected chi connectivity index (χ2v) is 2.53. The number of pyridine rings is 1. The highest BCUT2D eigenvalue weighted by molar-refractivity contribution is 5.40. The number of anilines is 1. The van der Waals surface area contributed by atoms with Gasteiger partial charge in [0.05, 0.1) is 6.61 Å². The zero-order valence-electron chi connectivity index (χ0n) is 7.79. The van der Waals surface area contributed by atoms with Crippen LogP contribution in [0, 0.1) is 0 Å². The zero-order valence-corrected chi connectivity index (χ0v) is 7.79. The molecule has 1 rings (SSSR count). The summed E-state index contributed by atoms with van der Waals surface area (Å²) in [6, 6.07) is 3.69. The Labute approximate surface area is 78.1 Å². The van der Waals surface area contributed by atoms with E-state index in [1.54, 1.807) is 6.20 Å². The Morgan fingerprint density at radius 3 is 3.15 bits per heavy atom. The molecule has 0 radical (unpaired) electrons. The molecule has 0 saturated carbocycles. The molecule has 0 bridgehead atoms. The lowest BCUT2D eigenvalue weighted by Gasteiger charge is -2.06. The number of hydrogen-bond acceptors (Lipinski definition) is 4. The molecule has 0 aliphatic rings. The van der Waals surface area contributed by atoms with Gasteiger partial charge in [0, 0.05) is 25.4 Å². The molecule has 1 aromatic rings. The first-order valence-corrected chi connectivity index (χ1v) is 4.39. The summed E-state index contributed by atoms with van der Waals surface area (Å²) >= 11 is 0. The van der Waals surface area contributed by atoms with E-state index in [2.05, 4.69) is 10.3 Å². The maximum atomic E-state index is 5.35. The first-order valence-electron chi connectivity index (χ1n) is 4.39. The highest BCUT2D eigenvalue weighted by atomic mass is 16.5. The quantitative estimate of drug-likeness (QED) is 0.707. The third-order valence-electron chi connectivity index (χ3n) is 1.49. The minimum absolute atomic E-state index is 0.598. The molecule has 0 atom stereocenters. The van der Waals surface area contributed by atoms with Gasteiger partial charge in [-0.05, 0) is 13.0 Å². The maximum absolute atomic E-state index is 5.35. The number of nitrogens with two attached hydrogens (primary N) is 1. The fourth-order valence-corrected chi connectivity index (χ4v) is 0.965. The van der Waals surface area contributed by atoms with Gasteiger partial charge >= 0.3 is 0 Å². The predicted molar refractivity (Wildman–Crippen MR) is 53.0 cm³/mol. The van der Waals surface area contributed by atoms with Crippen LogP contribution in [0.3, 0.4) is 0 Å². The highest BCUT2D eigenvalue weighted by Crippen LogP contribution is 2.13. The summed E-state index contributed by atoms with van der Waals surface area (Å²) in [5, 5.41) is 3.08. The van der Waals surface area contributed by atoms with E-state index in [0.29, 0.717) is 13.2 Å². The molecule has 0 aliphatic heterocycles. The van der Waals surface area contributed by atoms with Crippen LogP contribution in [0.4, 0.5) is 5.82 Å². The number of rotatable bonds is 5. The molecule has 72 valence electrons. The largest absolute Gasteiger partial charge is 0.494 e. The van der Waals surface area contributed by atoms with Crippen LogP contribution in [-0.2, 0) is 0 Å². The van der Waals surface area contributed by atoms with Gasteiger partial charge in [-0.2, -0.15) is 0 Å². The van der Waals surface area contributed by atoms with Gasteiger partial charge < -0.3 is 15.8 Å². The molecule has 1 heterocycles. The van der Waals surface area contributed by atoms with Gasteiger partial charge in [0.15, 0.2) is 0 Å². The standard InChI is InChI=1S/C9H15N3O/c1-2-13-8-3-5-11-9(7-8)12-6-4-10/h3,5,7H,2,4,6,10H2,1H3,(H,11,12). The molecule has 1 aromatic heterocycles. The topological polar surface area (TPSA) is 60.2 Å². The summed E-state index contributed by atoms with van der Waals surface area (Å²) in [5.74, 6) is 1.63. The Balaban J connectivity index is 2.56. The van der Waals surface area contributed by atoms with Crippen molar-refractivity contribution in [1.29, 1.82) is 0 Å². The molecular weight excluding hydrogens is 166 g/mol. The van der Waals surface area contributed by atoms with Crippen molar-refractivity contribution in [3.8, 4) is 5.75 Å². The Morgan fingerprint density at radius 2 is 2.46 bits per heavy atom. The highest BCUT2D eigenvalue weighted by Gasteiger charge is 1.95. The molecule has 0 aromatic carbocycles. The Bertz CT molecular complexity index is 252. The van der Waals surface area contributed by atoms with Crippen LogP contribution in [0.15, 0.2) is 18.3 Å². The van der Waals surface area contributed by atoms with Crippen LogP contribution in [0.1, 0.15) is 6.92 Å². The summed E-state index contributed by atoms with van der Waals surface area (Å²) < 4.78 is 5.32. The fraction of sp³-hybridized carbons (Fsp3) is 0.444. The van der Waals surface area contributed by atoms with Crippen molar-refractivity contribution >= 4 is 5.82 Å². The average Bonchev–Trinajstić information content (AvgIpc) is 2.16. The Hall–Kier alpha value is -1.29. The number of aromatic nitrogens is 1. The summed E-state index contributed by atoms with van der Waals surface area (Å²) in [4.78, 5) is 4.11. The molecule has 0 amide bonds. The molecule has 13 heavy (non-hydrogen) atoms. The van der Waals surface area contributed by atoms with E-state index in [0.717, 1.165) is 18.1 Å². The van der Waals surface area contributed by atoms with E-state index in [1.807, 2.05) is 19.1 Å². The van der Waals surface area contributed by atoms with Crippen molar-refractivity contribution < 1.29 is 4.74 Å². The first kappa shape index (κ1) is 9.80. The molecule has 4 nitrogen and oxygen atoms in total. The summed E-state index contributed by atoms with van der Waals surface area (Å²) in [7, 11) is 0. The summed E-state index contributed by atoms with van der Waals surface area (Å²) in [6.07, 6.45) is 1.71. The SMILES string of the molecule is CCOc1ccnc(NCCN)c1. The molecule has 0 fully saturated rings. The number of ether oxygens (including phenoxy) is 1. The second kappa shape index (κ2) is 5.37. The molecule has 3 N–H and O–H groups in total. The van der Waals surface area contributed by atoms with Gasteiger partial charge in [-0.1, -0.05) is 0 Å². The summed E-state index contributed by atoms with van der Waals surface area (Å²) in [6.45, 7) is 3.94. The molecule has 0 aliphatic carbocycles. The Kier molecular flexibility index (Phi) is 4.05. The van der Waals surface area contributed by atoms with E-state index < -0.39 is 0 Å². The van der Waals surface area contributed by atoms with Gasteiger partial charge in [0.2, 0.25) is 0 Å². The van der Waals surface area contributed by atoms with Crippen molar-refractivity contribution in [1.82, 2.24) is 4.98 Å². The fourth-order valence-electron chi connectivity index (χ4n) is 0.965. The maximum Gasteiger partial charge on any atom is 0.129 e. The molecule has 0 saturated heterocycles. The zero-order chi connectivity index (χ0) is 9.52. The first-order chi connectivity index (χ1) is 6.36. The van der Waals surface area contributed by atoms with Crippen LogP contribution in [0.25, 0.3) is 0 Å². The van der Waals surface area contributed by atoms with Crippen LogP contribution in [0.2, 0.25) is 0 Å². The van der Waals surface area contributed by atoms with Gasteiger partial charge in [0.25, 0.3) is 0 Å². The van der Waals surface area contributed by atoms with Gasteiger partial charge in [-0.3, -0.25) is 0 Å². The molecule has 4 heteroatoms. The minimum atomic E-state index is 0.598. The van der Waals surface area contributed by atoms with E-state index >= 15 is 0 Å². The summed E-state index contributed by atoms with van der Waals surface area (Å²) in [5.41, 5.74) is 5.35. The van der Waals surface area contributed by atoms with E-state index in [4.69, 9.17) is 10.5 Å². The predicted octanol–water partition coefficient (Wildman–Crippen LogP) is 0.851. The van der Waals surface area contributed by atoms with E-state index in [-0.39, 0.29) is 0 Å². The number of hydrogen-bond donors (Lipinski definition) is 2. The van der Waals surface area contributed by atoms with E-state index in [9.17, 15) is 0 Å². The van der Waals surface area contributed by atoms with Gasteiger partial charge in [0.1, 0.15) is 11.6 Å². The monoisotopic (exact) mass is 181 g/mol. The van der Waals surface area contributed by atoms with Crippen LogP contribution >= 0.6 is 0 Å². The minimum Gasteiger partial charge on any atom is -0.494 e. The van der Waals surface area contributed by atoms with Gasteiger partial charge in [-0.25, -0.2) is 4.98 Å². The average molecular weight is 181 g/mol. The lowest BCUT2D eigenvalue weighted by atomic mass is 10.4. The second-order valence-electron chi connectivity index (χ2n) is 2.53.